The van der Waals surface area contributed by atoms with Crippen LogP contribution in [0.1, 0.15) is 24.4 Å². The Morgan fingerprint density at radius 2 is 1.42 bits per heavy atom. The van der Waals surface area contributed by atoms with Crippen LogP contribution in [0, 0.1) is 5.92 Å². The molecule has 1 fully saturated rings. The van der Waals surface area contributed by atoms with E-state index in [0.717, 1.165) is 24.2 Å². The van der Waals surface area contributed by atoms with E-state index in [4.69, 9.17) is 9.47 Å². The standard InChI is InChI=1S/C18H21NO4S/c1-22-15-7-5-14(6-8-15)18(13-3-4-13)19-24(20,21)17-11-9-16(23-2)10-12-17/h5-13,18-19H,3-4H2,1-2H3/t18-/m1/s1. The van der Waals surface area contributed by atoms with Crippen molar-refractivity contribution in [2.24, 2.45) is 5.92 Å². The van der Waals surface area contributed by atoms with Crippen molar-refractivity contribution in [3.05, 3.63) is 54.1 Å². The number of hydrogen-bond acceptors (Lipinski definition) is 4. The number of sulfonamides is 1. The number of methoxy groups -OCH3 is 2. The van der Waals surface area contributed by atoms with Gasteiger partial charge in [0.05, 0.1) is 19.1 Å². The normalized spacial score (nSPS) is 15.8. The number of nitrogens with one attached hydrogen (secondary N) is 1. The molecular weight excluding hydrogens is 326 g/mol. The molecule has 2 aromatic rings. The highest BCUT2D eigenvalue weighted by atomic mass is 32.2. The first-order chi connectivity index (χ1) is 11.5. The van der Waals surface area contributed by atoms with Crippen LogP contribution >= 0.6 is 0 Å². The fourth-order valence-electron chi connectivity index (χ4n) is 2.67. The van der Waals surface area contributed by atoms with Crippen LogP contribution in [0.4, 0.5) is 0 Å². The van der Waals surface area contributed by atoms with E-state index < -0.39 is 10.0 Å². The van der Waals surface area contributed by atoms with E-state index in [1.54, 1.807) is 38.5 Å². The smallest absolute Gasteiger partial charge is 0.241 e. The number of hydrogen-bond donors (Lipinski definition) is 1. The molecule has 0 saturated heterocycles. The third kappa shape index (κ3) is 3.71. The summed E-state index contributed by atoms with van der Waals surface area (Å²) in [5, 5.41) is 0. The van der Waals surface area contributed by atoms with Gasteiger partial charge in [-0.05, 0) is 60.7 Å². The molecule has 1 N–H and O–H groups in total. The van der Waals surface area contributed by atoms with Crippen molar-refractivity contribution >= 4 is 10.0 Å². The predicted molar refractivity (Wildman–Crippen MR) is 91.8 cm³/mol. The quantitative estimate of drug-likeness (QED) is 0.836. The zero-order valence-electron chi connectivity index (χ0n) is 13.7. The van der Waals surface area contributed by atoms with Gasteiger partial charge in [0.15, 0.2) is 0 Å². The summed E-state index contributed by atoms with van der Waals surface area (Å²) in [6.07, 6.45) is 2.06. The van der Waals surface area contributed by atoms with Gasteiger partial charge < -0.3 is 9.47 Å². The summed E-state index contributed by atoms with van der Waals surface area (Å²) >= 11 is 0. The molecule has 0 aromatic heterocycles. The minimum absolute atomic E-state index is 0.219. The van der Waals surface area contributed by atoms with Crippen molar-refractivity contribution in [2.75, 3.05) is 14.2 Å². The lowest BCUT2D eigenvalue weighted by Crippen LogP contribution is -2.30. The molecule has 3 rings (SSSR count). The lowest BCUT2D eigenvalue weighted by molar-refractivity contribution is 0.414. The van der Waals surface area contributed by atoms with E-state index in [0.29, 0.717) is 11.7 Å². The van der Waals surface area contributed by atoms with E-state index in [9.17, 15) is 8.42 Å². The fourth-order valence-corrected chi connectivity index (χ4v) is 3.96. The Hall–Kier alpha value is -2.05. The van der Waals surface area contributed by atoms with Crippen molar-refractivity contribution in [2.45, 2.75) is 23.8 Å². The molecule has 0 unspecified atom stereocenters. The van der Waals surface area contributed by atoms with Crippen LogP contribution in [0.25, 0.3) is 0 Å². The monoisotopic (exact) mass is 347 g/mol. The lowest BCUT2D eigenvalue weighted by Gasteiger charge is -2.19. The second-order valence-electron chi connectivity index (χ2n) is 5.89. The van der Waals surface area contributed by atoms with Crippen molar-refractivity contribution in [1.82, 2.24) is 4.72 Å². The van der Waals surface area contributed by atoms with E-state index in [1.165, 1.54) is 0 Å². The van der Waals surface area contributed by atoms with Crippen molar-refractivity contribution < 1.29 is 17.9 Å². The van der Waals surface area contributed by atoms with Crippen LogP contribution in [-0.2, 0) is 10.0 Å². The third-order valence-electron chi connectivity index (χ3n) is 4.22. The first kappa shape index (κ1) is 16.8. The lowest BCUT2D eigenvalue weighted by atomic mass is 10.0. The summed E-state index contributed by atoms with van der Waals surface area (Å²) in [6.45, 7) is 0. The summed E-state index contributed by atoms with van der Waals surface area (Å²) in [5.74, 6) is 1.72. The number of rotatable bonds is 7. The Bertz CT molecular complexity index is 781. The van der Waals surface area contributed by atoms with Gasteiger partial charge in [0.1, 0.15) is 11.5 Å². The third-order valence-corrected chi connectivity index (χ3v) is 5.68. The maximum Gasteiger partial charge on any atom is 0.241 e. The Morgan fingerprint density at radius 1 is 0.917 bits per heavy atom. The van der Waals surface area contributed by atoms with Gasteiger partial charge >= 0.3 is 0 Å². The molecule has 0 radical (unpaired) electrons. The Kier molecular flexibility index (Phi) is 4.78. The van der Waals surface area contributed by atoms with Gasteiger partial charge in [-0.25, -0.2) is 13.1 Å². The number of benzene rings is 2. The Labute approximate surface area is 142 Å². The zero-order chi connectivity index (χ0) is 17.2. The Morgan fingerprint density at radius 3 is 1.88 bits per heavy atom. The molecule has 2 aromatic carbocycles. The highest BCUT2D eigenvalue weighted by molar-refractivity contribution is 7.89. The topological polar surface area (TPSA) is 64.6 Å². The SMILES string of the molecule is COc1ccc([C@H](NS(=O)(=O)c2ccc(OC)cc2)C2CC2)cc1. The molecule has 1 aliphatic rings. The fraction of sp³-hybridized carbons (Fsp3) is 0.333. The van der Waals surface area contributed by atoms with E-state index in [2.05, 4.69) is 4.72 Å². The average molecular weight is 347 g/mol. The molecule has 0 bridgehead atoms. The van der Waals surface area contributed by atoms with Crippen LogP contribution in [0.15, 0.2) is 53.4 Å². The van der Waals surface area contributed by atoms with E-state index in [-0.39, 0.29) is 10.9 Å². The summed E-state index contributed by atoms with van der Waals surface area (Å²) in [4.78, 5) is 0.238. The Balaban J connectivity index is 1.83. The van der Waals surface area contributed by atoms with Gasteiger partial charge in [0, 0.05) is 6.04 Å². The van der Waals surface area contributed by atoms with Crippen LogP contribution in [0.5, 0.6) is 11.5 Å². The van der Waals surface area contributed by atoms with Crippen LogP contribution in [-0.4, -0.2) is 22.6 Å². The molecule has 6 heteroatoms. The van der Waals surface area contributed by atoms with Crippen molar-refractivity contribution in [1.29, 1.82) is 0 Å². The first-order valence-corrected chi connectivity index (χ1v) is 9.32. The maximum absolute atomic E-state index is 12.7. The molecular formula is C18H21NO4S. The van der Waals surface area contributed by atoms with Gasteiger partial charge in [-0.15, -0.1) is 0 Å². The van der Waals surface area contributed by atoms with Gasteiger partial charge in [-0.3, -0.25) is 0 Å². The molecule has 24 heavy (non-hydrogen) atoms. The molecule has 128 valence electrons. The molecule has 0 aliphatic heterocycles. The second-order valence-corrected chi connectivity index (χ2v) is 7.60. The summed E-state index contributed by atoms with van der Waals surface area (Å²) in [5.41, 5.74) is 0.954. The molecule has 0 amide bonds. The van der Waals surface area contributed by atoms with Crippen LogP contribution in [0.3, 0.4) is 0 Å². The highest BCUT2D eigenvalue weighted by Gasteiger charge is 2.35. The largest absolute Gasteiger partial charge is 0.497 e. The van der Waals surface area contributed by atoms with Crippen molar-refractivity contribution in [3.8, 4) is 11.5 Å². The molecule has 1 saturated carbocycles. The van der Waals surface area contributed by atoms with Gasteiger partial charge in [-0.1, -0.05) is 12.1 Å². The molecule has 1 aliphatic carbocycles. The minimum atomic E-state index is -3.59. The highest BCUT2D eigenvalue weighted by Crippen LogP contribution is 2.42. The first-order valence-electron chi connectivity index (χ1n) is 7.84. The summed E-state index contributed by atoms with van der Waals surface area (Å²) in [7, 11) is -0.429. The van der Waals surface area contributed by atoms with Gasteiger partial charge in [0.25, 0.3) is 0 Å². The second kappa shape index (κ2) is 6.83. The molecule has 1 atom stereocenters. The van der Waals surface area contributed by atoms with Crippen LogP contribution in [0.2, 0.25) is 0 Å². The summed E-state index contributed by atoms with van der Waals surface area (Å²) < 4.78 is 38.5. The predicted octanol–water partition coefficient (Wildman–Crippen LogP) is 3.13. The van der Waals surface area contributed by atoms with E-state index in [1.807, 2.05) is 24.3 Å². The van der Waals surface area contributed by atoms with Gasteiger partial charge in [-0.2, -0.15) is 0 Å². The number of ether oxygens (including phenoxy) is 2. The summed E-state index contributed by atoms with van der Waals surface area (Å²) in [6, 6.07) is 13.7. The molecule has 0 spiro atoms. The minimum Gasteiger partial charge on any atom is -0.497 e. The maximum atomic E-state index is 12.7. The molecule has 5 nitrogen and oxygen atoms in total. The van der Waals surface area contributed by atoms with E-state index >= 15 is 0 Å². The zero-order valence-corrected chi connectivity index (χ0v) is 14.5. The van der Waals surface area contributed by atoms with Crippen molar-refractivity contribution in [3.63, 3.8) is 0 Å². The average Bonchev–Trinajstić information content (AvgIpc) is 3.45. The van der Waals surface area contributed by atoms with Gasteiger partial charge in [0.2, 0.25) is 10.0 Å². The molecule has 0 heterocycles. The van der Waals surface area contributed by atoms with Crippen LogP contribution < -0.4 is 14.2 Å².